The zero-order valence-electron chi connectivity index (χ0n) is 27.1. The summed E-state index contributed by atoms with van der Waals surface area (Å²) in [4.78, 5) is 31.6. The number of anilines is 1. The van der Waals surface area contributed by atoms with Gasteiger partial charge >= 0.3 is 6.03 Å². The molecular formula is C39H41N3O5S. The zero-order valence-corrected chi connectivity index (χ0v) is 27.9. The molecule has 3 amide bonds. The van der Waals surface area contributed by atoms with Crippen LogP contribution in [0.15, 0.2) is 120 Å². The molecule has 0 aromatic heterocycles. The first-order valence-corrected chi connectivity index (χ1v) is 18.1. The van der Waals surface area contributed by atoms with E-state index >= 15 is 0 Å². The van der Waals surface area contributed by atoms with Gasteiger partial charge in [-0.3, -0.25) is 9.69 Å². The standard InChI is InChI=1S/C39H41N3O5S/c1-29(42(39(44)41-22-24-47-25-23-41)36-19-16-31-11-5-7-13-33(31)27-36)38(43)40-35(18-15-30-9-3-2-4-10-30)21-26-48(45,46)37-20-17-32-12-6-8-14-34(32)28-37/h2-14,16-17,19-20,27-29,35H,15,18,21-26H2,1H3,(H,40,43)/t29?,35-/m0/s1. The second-order valence-electron chi connectivity index (χ2n) is 12.3. The van der Waals surface area contributed by atoms with Gasteiger partial charge in [0.05, 0.1) is 23.9 Å². The smallest absolute Gasteiger partial charge is 0.325 e. The predicted octanol–water partition coefficient (Wildman–Crippen LogP) is 6.62. The number of fused-ring (bicyclic) bond motifs is 2. The maximum absolute atomic E-state index is 14.1. The molecule has 0 radical (unpaired) electrons. The number of carbonyl (C=O) groups is 2. The number of ether oxygens (including phenoxy) is 1. The van der Waals surface area contributed by atoms with Crippen LogP contribution in [-0.2, 0) is 25.8 Å². The second-order valence-corrected chi connectivity index (χ2v) is 14.4. The molecule has 0 bridgehead atoms. The number of rotatable bonds is 11. The van der Waals surface area contributed by atoms with Crippen LogP contribution in [0.2, 0.25) is 0 Å². The van der Waals surface area contributed by atoms with E-state index in [0.29, 0.717) is 44.8 Å². The molecule has 1 unspecified atom stereocenters. The van der Waals surface area contributed by atoms with E-state index in [-0.39, 0.29) is 29.0 Å². The molecule has 0 spiro atoms. The third-order valence-electron chi connectivity index (χ3n) is 9.05. The van der Waals surface area contributed by atoms with Gasteiger partial charge in [-0.2, -0.15) is 0 Å². The third-order valence-corrected chi connectivity index (χ3v) is 10.8. The molecule has 1 heterocycles. The quantitative estimate of drug-likeness (QED) is 0.171. The number of urea groups is 1. The SMILES string of the molecule is CC(C(=O)N[C@@H](CCc1ccccc1)CCS(=O)(=O)c1ccc2ccccc2c1)N(C(=O)N1CCOCC1)c1ccc2ccccc2c1. The van der Waals surface area contributed by atoms with E-state index in [9.17, 15) is 18.0 Å². The average molecular weight is 664 g/mol. The van der Waals surface area contributed by atoms with Gasteiger partial charge in [0.1, 0.15) is 6.04 Å². The van der Waals surface area contributed by atoms with Gasteiger partial charge in [0, 0.05) is 24.8 Å². The van der Waals surface area contributed by atoms with Crippen molar-refractivity contribution in [3.05, 3.63) is 121 Å². The Morgan fingerprint density at radius 3 is 2.06 bits per heavy atom. The van der Waals surface area contributed by atoms with Gasteiger partial charge in [-0.25, -0.2) is 13.2 Å². The van der Waals surface area contributed by atoms with Crippen LogP contribution in [0.1, 0.15) is 25.3 Å². The fourth-order valence-electron chi connectivity index (χ4n) is 6.22. The van der Waals surface area contributed by atoms with Crippen LogP contribution in [0.5, 0.6) is 0 Å². The van der Waals surface area contributed by atoms with Crippen molar-refractivity contribution in [2.24, 2.45) is 0 Å². The summed E-state index contributed by atoms with van der Waals surface area (Å²) in [7, 11) is -3.63. The molecule has 1 saturated heterocycles. The minimum atomic E-state index is -3.63. The summed E-state index contributed by atoms with van der Waals surface area (Å²) in [6.45, 7) is 3.46. The third kappa shape index (κ3) is 7.86. The number of morpholine rings is 1. The number of aryl methyl sites for hydroxylation is 1. The maximum Gasteiger partial charge on any atom is 0.325 e. The number of hydrogen-bond donors (Lipinski definition) is 1. The molecule has 248 valence electrons. The van der Waals surface area contributed by atoms with Crippen molar-refractivity contribution < 1.29 is 22.7 Å². The zero-order chi connectivity index (χ0) is 33.5. The molecule has 0 saturated carbocycles. The van der Waals surface area contributed by atoms with Gasteiger partial charge < -0.3 is 15.0 Å². The first-order chi connectivity index (χ1) is 23.3. The molecule has 9 heteroatoms. The topological polar surface area (TPSA) is 96.0 Å². The van der Waals surface area contributed by atoms with Crippen LogP contribution in [0.25, 0.3) is 21.5 Å². The van der Waals surface area contributed by atoms with Gasteiger partial charge in [-0.15, -0.1) is 0 Å². The van der Waals surface area contributed by atoms with Gasteiger partial charge in [0.25, 0.3) is 0 Å². The van der Waals surface area contributed by atoms with Gasteiger partial charge in [-0.05, 0) is 77.6 Å². The average Bonchev–Trinajstić information content (AvgIpc) is 3.13. The van der Waals surface area contributed by atoms with E-state index < -0.39 is 21.9 Å². The van der Waals surface area contributed by atoms with E-state index in [0.717, 1.165) is 27.1 Å². The highest BCUT2D eigenvalue weighted by Gasteiger charge is 2.33. The number of nitrogens with zero attached hydrogens (tertiary/aromatic N) is 2. The Kier molecular flexibility index (Phi) is 10.4. The lowest BCUT2D eigenvalue weighted by Crippen LogP contribution is -2.56. The largest absolute Gasteiger partial charge is 0.378 e. The first kappa shape index (κ1) is 33.2. The highest BCUT2D eigenvalue weighted by molar-refractivity contribution is 7.91. The van der Waals surface area contributed by atoms with Crippen molar-refractivity contribution in [2.75, 3.05) is 37.0 Å². The van der Waals surface area contributed by atoms with Crippen molar-refractivity contribution in [3.8, 4) is 0 Å². The Hall–Kier alpha value is -4.73. The molecule has 6 rings (SSSR count). The highest BCUT2D eigenvalue weighted by Crippen LogP contribution is 2.26. The van der Waals surface area contributed by atoms with Crippen molar-refractivity contribution in [3.63, 3.8) is 0 Å². The first-order valence-electron chi connectivity index (χ1n) is 16.5. The molecule has 48 heavy (non-hydrogen) atoms. The molecule has 1 N–H and O–H groups in total. The number of hydrogen-bond acceptors (Lipinski definition) is 5. The number of benzene rings is 5. The van der Waals surface area contributed by atoms with Crippen LogP contribution in [-0.4, -0.2) is 69.4 Å². The predicted molar refractivity (Wildman–Crippen MR) is 191 cm³/mol. The van der Waals surface area contributed by atoms with Crippen molar-refractivity contribution in [2.45, 2.75) is 43.2 Å². The second kappa shape index (κ2) is 15.0. The Morgan fingerprint density at radius 2 is 1.38 bits per heavy atom. The summed E-state index contributed by atoms with van der Waals surface area (Å²) in [6.07, 6.45) is 1.44. The van der Waals surface area contributed by atoms with Crippen molar-refractivity contribution >= 4 is 49.0 Å². The summed E-state index contributed by atoms with van der Waals surface area (Å²) < 4.78 is 32.6. The maximum atomic E-state index is 14.1. The number of sulfone groups is 1. The normalized spacial score (nSPS) is 14.8. The van der Waals surface area contributed by atoms with Crippen molar-refractivity contribution in [1.29, 1.82) is 0 Å². The van der Waals surface area contributed by atoms with Crippen LogP contribution < -0.4 is 10.2 Å². The molecule has 2 atom stereocenters. The Morgan fingerprint density at radius 1 is 0.771 bits per heavy atom. The van der Waals surface area contributed by atoms with E-state index in [4.69, 9.17) is 4.74 Å². The Balaban J connectivity index is 1.24. The summed E-state index contributed by atoms with van der Waals surface area (Å²) >= 11 is 0. The molecule has 5 aromatic carbocycles. The lowest BCUT2D eigenvalue weighted by molar-refractivity contribution is -0.122. The molecule has 1 aliphatic rings. The minimum Gasteiger partial charge on any atom is -0.378 e. The number of amides is 3. The van der Waals surface area contributed by atoms with Crippen LogP contribution in [0, 0.1) is 0 Å². The molecule has 0 aliphatic carbocycles. The van der Waals surface area contributed by atoms with Crippen LogP contribution >= 0.6 is 0 Å². The molecule has 5 aromatic rings. The van der Waals surface area contributed by atoms with Gasteiger partial charge in [-0.1, -0.05) is 91.0 Å². The van der Waals surface area contributed by atoms with E-state index in [1.807, 2.05) is 103 Å². The summed E-state index contributed by atoms with van der Waals surface area (Å²) in [5.41, 5.74) is 1.72. The highest BCUT2D eigenvalue weighted by atomic mass is 32.2. The van der Waals surface area contributed by atoms with Gasteiger partial charge in [0.2, 0.25) is 5.91 Å². The van der Waals surface area contributed by atoms with Gasteiger partial charge in [0.15, 0.2) is 9.84 Å². The molecule has 8 nitrogen and oxygen atoms in total. The summed E-state index contributed by atoms with van der Waals surface area (Å²) in [6, 6.07) is 34.9. The lowest BCUT2D eigenvalue weighted by Gasteiger charge is -2.36. The van der Waals surface area contributed by atoms with Crippen molar-refractivity contribution in [1.82, 2.24) is 10.2 Å². The Labute approximate surface area is 282 Å². The Bertz CT molecular complexity index is 1990. The fourth-order valence-corrected chi connectivity index (χ4v) is 7.64. The fraction of sp³-hybridized carbons (Fsp3) is 0.282. The molecule has 1 fully saturated rings. The number of carbonyl (C=O) groups excluding carboxylic acids is 2. The van der Waals surface area contributed by atoms with E-state index in [2.05, 4.69) is 5.32 Å². The molecular weight excluding hydrogens is 623 g/mol. The van der Waals surface area contributed by atoms with Crippen LogP contribution in [0.3, 0.4) is 0 Å². The monoisotopic (exact) mass is 663 g/mol. The number of nitrogens with one attached hydrogen (secondary N) is 1. The lowest BCUT2D eigenvalue weighted by atomic mass is 10.0. The van der Waals surface area contributed by atoms with E-state index in [1.165, 1.54) is 0 Å². The molecule has 1 aliphatic heterocycles. The minimum absolute atomic E-state index is 0.124. The van der Waals surface area contributed by atoms with E-state index in [1.54, 1.807) is 28.9 Å². The van der Waals surface area contributed by atoms with Crippen LogP contribution in [0.4, 0.5) is 10.5 Å². The summed E-state index contributed by atoms with van der Waals surface area (Å²) in [5, 5.41) is 6.97. The summed E-state index contributed by atoms with van der Waals surface area (Å²) in [5.74, 6) is -0.466.